The minimum absolute atomic E-state index is 0.0933. The number of halogens is 2. The lowest BCUT2D eigenvalue weighted by molar-refractivity contribution is -0.142. The molecule has 0 aliphatic heterocycles. The van der Waals surface area contributed by atoms with Crippen LogP contribution in [0.1, 0.15) is 24.4 Å². The third-order valence-electron chi connectivity index (χ3n) is 3.19. The Hall–Kier alpha value is -1.88. The summed E-state index contributed by atoms with van der Waals surface area (Å²) in [7, 11) is 0. The molecule has 0 spiro atoms. The van der Waals surface area contributed by atoms with E-state index in [1.807, 2.05) is 12.2 Å². The molecule has 1 atom stereocenters. The lowest BCUT2D eigenvalue weighted by Gasteiger charge is -2.18. The molecular formula is C14H13ClFNO3. The zero-order valence-corrected chi connectivity index (χ0v) is 11.2. The van der Waals surface area contributed by atoms with Crippen LogP contribution in [0.5, 0.6) is 0 Å². The van der Waals surface area contributed by atoms with Gasteiger partial charge in [-0.25, -0.2) is 9.18 Å². The number of nitrogens with one attached hydrogen (secondary N) is 1. The van der Waals surface area contributed by atoms with E-state index in [1.165, 1.54) is 12.1 Å². The minimum atomic E-state index is -1.28. The van der Waals surface area contributed by atoms with Crippen molar-refractivity contribution in [1.29, 1.82) is 0 Å². The highest BCUT2D eigenvalue weighted by Gasteiger charge is 2.27. The molecule has 1 aliphatic rings. The summed E-state index contributed by atoms with van der Waals surface area (Å²) in [5.41, 5.74) is 0.152. The van der Waals surface area contributed by atoms with E-state index >= 15 is 0 Å². The van der Waals surface area contributed by atoms with Crippen LogP contribution in [0.2, 0.25) is 5.02 Å². The maximum Gasteiger partial charge on any atom is 0.330 e. The number of hydrogen-bond acceptors (Lipinski definition) is 2. The second-order valence-electron chi connectivity index (χ2n) is 4.59. The number of carbonyl (C=O) groups excluding carboxylic acids is 1. The first-order chi connectivity index (χ1) is 9.49. The molecule has 1 unspecified atom stereocenters. The van der Waals surface area contributed by atoms with Gasteiger partial charge in [0.25, 0.3) is 0 Å². The second kappa shape index (κ2) is 6.05. The molecule has 0 saturated carbocycles. The fourth-order valence-corrected chi connectivity index (χ4v) is 2.19. The van der Waals surface area contributed by atoms with Crippen LogP contribution in [0.25, 0.3) is 0 Å². The van der Waals surface area contributed by atoms with Gasteiger partial charge in [0.15, 0.2) is 6.04 Å². The van der Waals surface area contributed by atoms with Crippen molar-refractivity contribution < 1.29 is 19.1 Å². The van der Waals surface area contributed by atoms with Crippen LogP contribution in [-0.4, -0.2) is 17.0 Å². The van der Waals surface area contributed by atoms with Crippen LogP contribution in [0, 0.1) is 11.7 Å². The number of benzene rings is 1. The summed E-state index contributed by atoms with van der Waals surface area (Å²) >= 11 is 5.56. The topological polar surface area (TPSA) is 66.4 Å². The van der Waals surface area contributed by atoms with Crippen molar-refractivity contribution in [2.24, 2.45) is 5.92 Å². The Labute approximate surface area is 120 Å². The van der Waals surface area contributed by atoms with Crippen molar-refractivity contribution >= 4 is 23.5 Å². The van der Waals surface area contributed by atoms with Crippen LogP contribution in [0.15, 0.2) is 30.4 Å². The average molecular weight is 298 g/mol. The highest BCUT2D eigenvalue weighted by molar-refractivity contribution is 6.30. The van der Waals surface area contributed by atoms with Gasteiger partial charge in [-0.05, 0) is 30.5 Å². The van der Waals surface area contributed by atoms with Crippen molar-refractivity contribution in [3.63, 3.8) is 0 Å². The molecule has 0 aromatic heterocycles. The Kier molecular flexibility index (Phi) is 4.39. The first-order valence-electron chi connectivity index (χ1n) is 6.12. The van der Waals surface area contributed by atoms with Gasteiger partial charge in [-0.2, -0.15) is 0 Å². The Morgan fingerprint density at radius 2 is 2.00 bits per heavy atom. The third-order valence-corrected chi connectivity index (χ3v) is 3.50. The molecule has 4 nitrogen and oxygen atoms in total. The molecule has 20 heavy (non-hydrogen) atoms. The number of allylic oxidation sites excluding steroid dienone is 2. The van der Waals surface area contributed by atoms with Gasteiger partial charge in [-0.3, -0.25) is 4.79 Å². The quantitative estimate of drug-likeness (QED) is 0.840. The molecule has 2 N–H and O–H groups in total. The van der Waals surface area contributed by atoms with E-state index in [-0.39, 0.29) is 22.4 Å². The number of carboxylic acid groups (broad SMARTS) is 1. The van der Waals surface area contributed by atoms with E-state index < -0.39 is 17.8 Å². The van der Waals surface area contributed by atoms with Gasteiger partial charge in [0.2, 0.25) is 5.91 Å². The number of rotatable bonds is 4. The zero-order chi connectivity index (χ0) is 14.7. The third kappa shape index (κ3) is 3.17. The monoisotopic (exact) mass is 297 g/mol. The van der Waals surface area contributed by atoms with E-state index in [4.69, 9.17) is 11.6 Å². The van der Waals surface area contributed by atoms with E-state index in [0.29, 0.717) is 12.8 Å². The molecule has 6 heteroatoms. The summed E-state index contributed by atoms with van der Waals surface area (Å²) in [6.45, 7) is 0. The zero-order valence-electron chi connectivity index (χ0n) is 10.5. The summed E-state index contributed by atoms with van der Waals surface area (Å²) in [4.78, 5) is 23.2. The maximum atomic E-state index is 13.4. The molecule has 0 radical (unpaired) electrons. The summed E-state index contributed by atoms with van der Waals surface area (Å²) < 4.78 is 13.4. The van der Waals surface area contributed by atoms with Gasteiger partial charge < -0.3 is 10.4 Å². The van der Waals surface area contributed by atoms with Crippen molar-refractivity contribution in [3.05, 3.63) is 46.8 Å². The molecule has 1 aromatic carbocycles. The molecule has 0 heterocycles. The summed E-state index contributed by atoms with van der Waals surface area (Å²) in [5, 5.41) is 11.5. The molecule has 1 aliphatic carbocycles. The number of carboxylic acids is 1. The molecule has 106 valence electrons. The highest BCUT2D eigenvalue weighted by atomic mass is 35.5. The highest BCUT2D eigenvalue weighted by Crippen LogP contribution is 2.23. The Morgan fingerprint density at radius 1 is 1.35 bits per heavy atom. The van der Waals surface area contributed by atoms with Crippen molar-refractivity contribution in [3.8, 4) is 0 Å². The maximum absolute atomic E-state index is 13.4. The first kappa shape index (κ1) is 14.5. The van der Waals surface area contributed by atoms with Crippen molar-refractivity contribution in [2.75, 3.05) is 0 Å². The molecular weight excluding hydrogens is 285 g/mol. The normalized spacial score (nSPS) is 16.1. The molecule has 1 amide bonds. The van der Waals surface area contributed by atoms with Crippen LogP contribution in [-0.2, 0) is 9.59 Å². The van der Waals surface area contributed by atoms with Gasteiger partial charge >= 0.3 is 5.97 Å². The Bertz CT molecular complexity index is 566. The van der Waals surface area contributed by atoms with Crippen LogP contribution >= 0.6 is 11.6 Å². The SMILES string of the molecule is O=C(NC(C(=O)O)c1ccc(Cl)c(F)c1)C1CC=CC1. The van der Waals surface area contributed by atoms with Gasteiger partial charge in [0, 0.05) is 5.92 Å². The molecule has 2 rings (SSSR count). The smallest absolute Gasteiger partial charge is 0.330 e. The fourth-order valence-electron chi connectivity index (χ4n) is 2.07. The number of aliphatic carboxylic acids is 1. The molecule has 0 bridgehead atoms. The largest absolute Gasteiger partial charge is 0.479 e. The van der Waals surface area contributed by atoms with Crippen molar-refractivity contribution in [2.45, 2.75) is 18.9 Å². The Balaban J connectivity index is 2.16. The standard InChI is InChI=1S/C14H13ClFNO3/c15-10-6-5-9(7-11(10)16)12(14(19)20)17-13(18)8-3-1-2-4-8/h1-2,5-8,12H,3-4H2,(H,17,18)(H,19,20). The molecule has 0 saturated heterocycles. The van der Waals surface area contributed by atoms with Crippen LogP contribution < -0.4 is 5.32 Å². The van der Waals surface area contributed by atoms with E-state index in [0.717, 1.165) is 6.07 Å². The summed E-state index contributed by atoms with van der Waals surface area (Å²) in [5.74, 6) is -2.56. The van der Waals surface area contributed by atoms with Crippen LogP contribution in [0.4, 0.5) is 4.39 Å². The number of amides is 1. The van der Waals surface area contributed by atoms with Gasteiger partial charge in [-0.1, -0.05) is 29.8 Å². The Morgan fingerprint density at radius 3 is 2.55 bits per heavy atom. The van der Waals surface area contributed by atoms with Crippen LogP contribution in [0.3, 0.4) is 0 Å². The minimum Gasteiger partial charge on any atom is -0.479 e. The predicted molar refractivity (Wildman–Crippen MR) is 71.8 cm³/mol. The first-order valence-corrected chi connectivity index (χ1v) is 6.50. The van der Waals surface area contributed by atoms with E-state index in [1.54, 1.807) is 0 Å². The average Bonchev–Trinajstić information content (AvgIpc) is 2.93. The van der Waals surface area contributed by atoms with Gasteiger partial charge in [0.05, 0.1) is 5.02 Å². The van der Waals surface area contributed by atoms with Gasteiger partial charge in [0.1, 0.15) is 5.82 Å². The molecule has 0 fully saturated rings. The number of carbonyl (C=O) groups is 2. The van der Waals surface area contributed by atoms with Crippen molar-refractivity contribution in [1.82, 2.24) is 5.32 Å². The van der Waals surface area contributed by atoms with Gasteiger partial charge in [-0.15, -0.1) is 0 Å². The second-order valence-corrected chi connectivity index (χ2v) is 5.00. The lowest BCUT2D eigenvalue weighted by Crippen LogP contribution is -2.37. The fraction of sp³-hybridized carbons (Fsp3) is 0.286. The van der Waals surface area contributed by atoms with E-state index in [9.17, 15) is 19.1 Å². The number of hydrogen-bond donors (Lipinski definition) is 2. The predicted octanol–water partition coefficient (Wildman–Crippen LogP) is 2.69. The summed E-state index contributed by atoms with van der Waals surface area (Å²) in [6, 6.07) is 2.40. The van der Waals surface area contributed by atoms with E-state index in [2.05, 4.69) is 5.32 Å². The lowest BCUT2D eigenvalue weighted by atomic mass is 10.0. The molecule has 1 aromatic rings. The summed E-state index contributed by atoms with van der Waals surface area (Å²) in [6.07, 6.45) is 4.93.